The molecule has 0 aliphatic carbocycles. The number of aliphatic hydroxyl groups excluding tert-OH is 1. The molecule has 1 aromatic rings. The minimum Gasteiger partial charge on any atom is -0.491 e. The lowest BCUT2D eigenvalue weighted by atomic mass is 10.2. The van der Waals surface area contributed by atoms with E-state index < -0.39 is 0 Å². The average Bonchev–Trinajstić information content (AvgIpc) is 2.30. The van der Waals surface area contributed by atoms with E-state index in [0.717, 1.165) is 12.3 Å². The van der Waals surface area contributed by atoms with E-state index >= 15 is 0 Å². The van der Waals surface area contributed by atoms with Crippen LogP contribution in [0.1, 0.15) is 19.4 Å². The maximum Gasteiger partial charge on any atom is 0.119 e. The number of rotatable bonds is 7. The third kappa shape index (κ3) is 5.68. The van der Waals surface area contributed by atoms with Crippen LogP contribution >= 0.6 is 0 Å². The summed E-state index contributed by atoms with van der Waals surface area (Å²) < 4.78 is 5.56. The molecule has 0 aliphatic heterocycles. The van der Waals surface area contributed by atoms with Crippen LogP contribution in [-0.4, -0.2) is 30.4 Å². The van der Waals surface area contributed by atoms with E-state index in [0.29, 0.717) is 6.54 Å². The average molecular weight is 238 g/mol. The van der Waals surface area contributed by atoms with Gasteiger partial charge in [0.25, 0.3) is 0 Å². The maximum absolute atomic E-state index is 8.77. The largest absolute Gasteiger partial charge is 0.491 e. The molecule has 1 aromatic carbocycles. The zero-order chi connectivity index (χ0) is 12.7. The van der Waals surface area contributed by atoms with Gasteiger partial charge >= 0.3 is 0 Å². The van der Waals surface area contributed by atoms with E-state index in [2.05, 4.69) is 5.32 Å². The van der Waals surface area contributed by atoms with Crippen LogP contribution in [0.3, 0.4) is 0 Å². The van der Waals surface area contributed by atoms with E-state index in [1.165, 1.54) is 5.56 Å². The molecule has 1 unspecified atom stereocenters. The van der Waals surface area contributed by atoms with Crippen LogP contribution in [-0.2, 0) is 6.54 Å². The first kappa shape index (κ1) is 14.0. The van der Waals surface area contributed by atoms with Gasteiger partial charge in [-0.05, 0) is 31.5 Å². The molecule has 0 heterocycles. The molecule has 0 fully saturated rings. The van der Waals surface area contributed by atoms with Crippen LogP contribution in [0.25, 0.3) is 0 Å². The van der Waals surface area contributed by atoms with Gasteiger partial charge in [0.1, 0.15) is 5.75 Å². The lowest BCUT2D eigenvalue weighted by Crippen LogP contribution is -2.36. The van der Waals surface area contributed by atoms with E-state index in [1.54, 1.807) is 0 Å². The van der Waals surface area contributed by atoms with Crippen molar-refractivity contribution in [2.75, 3.05) is 13.2 Å². The molecule has 4 N–H and O–H groups in total. The fourth-order valence-corrected chi connectivity index (χ4v) is 1.42. The van der Waals surface area contributed by atoms with Gasteiger partial charge in [0, 0.05) is 19.1 Å². The summed E-state index contributed by atoms with van der Waals surface area (Å²) in [6, 6.07) is 7.77. The fraction of sp³-hybridized carbons (Fsp3) is 0.538. The number of aliphatic hydroxyl groups is 1. The quantitative estimate of drug-likeness (QED) is 0.660. The van der Waals surface area contributed by atoms with Crippen molar-refractivity contribution in [3.8, 4) is 5.75 Å². The number of hydrogen-bond acceptors (Lipinski definition) is 4. The highest BCUT2D eigenvalue weighted by Gasteiger charge is 2.00. The van der Waals surface area contributed by atoms with E-state index in [9.17, 15) is 0 Å². The summed E-state index contributed by atoms with van der Waals surface area (Å²) in [4.78, 5) is 0. The summed E-state index contributed by atoms with van der Waals surface area (Å²) in [6.07, 6.45) is 0.196. The van der Waals surface area contributed by atoms with Gasteiger partial charge in [-0.2, -0.15) is 0 Å². The maximum atomic E-state index is 8.77. The molecule has 0 bridgehead atoms. The Morgan fingerprint density at radius 2 is 1.94 bits per heavy atom. The van der Waals surface area contributed by atoms with Crippen LogP contribution < -0.4 is 15.8 Å². The minimum absolute atomic E-state index is 0.00810. The third-order valence-electron chi connectivity index (χ3n) is 2.27. The van der Waals surface area contributed by atoms with Crippen molar-refractivity contribution < 1.29 is 9.84 Å². The standard InChI is InChI=1S/C13H22N2O2/c1-10(2)17-13-5-3-11(4-6-13)7-15-8-12(14)9-16/h3-6,10,12,15-16H,7-9,14H2,1-2H3. The van der Waals surface area contributed by atoms with Crippen molar-refractivity contribution in [2.45, 2.75) is 32.5 Å². The Kier molecular flexibility index (Phi) is 5.97. The van der Waals surface area contributed by atoms with E-state index in [4.69, 9.17) is 15.6 Å². The molecule has 0 radical (unpaired) electrons. The van der Waals surface area contributed by atoms with E-state index in [1.807, 2.05) is 38.1 Å². The Balaban J connectivity index is 2.35. The van der Waals surface area contributed by atoms with Gasteiger partial charge in [-0.3, -0.25) is 0 Å². The lowest BCUT2D eigenvalue weighted by Gasteiger charge is -2.11. The van der Waals surface area contributed by atoms with Crippen LogP contribution in [0.2, 0.25) is 0 Å². The number of hydrogen-bond donors (Lipinski definition) is 3. The normalized spacial score (nSPS) is 12.8. The van der Waals surface area contributed by atoms with Crippen molar-refractivity contribution in [3.63, 3.8) is 0 Å². The topological polar surface area (TPSA) is 67.5 Å². The second-order valence-corrected chi connectivity index (χ2v) is 4.38. The van der Waals surface area contributed by atoms with Crippen LogP contribution in [0.4, 0.5) is 0 Å². The highest BCUT2D eigenvalue weighted by molar-refractivity contribution is 5.27. The second kappa shape index (κ2) is 7.27. The summed E-state index contributed by atoms with van der Waals surface area (Å²) in [5.74, 6) is 0.885. The third-order valence-corrected chi connectivity index (χ3v) is 2.27. The summed E-state index contributed by atoms with van der Waals surface area (Å²) in [7, 11) is 0. The van der Waals surface area contributed by atoms with Gasteiger partial charge in [0.15, 0.2) is 0 Å². The first-order valence-electron chi connectivity index (χ1n) is 5.94. The summed E-state index contributed by atoms with van der Waals surface area (Å²) >= 11 is 0. The second-order valence-electron chi connectivity index (χ2n) is 4.38. The van der Waals surface area contributed by atoms with Crippen molar-refractivity contribution in [3.05, 3.63) is 29.8 Å². The van der Waals surface area contributed by atoms with Crippen molar-refractivity contribution in [1.82, 2.24) is 5.32 Å². The van der Waals surface area contributed by atoms with Crippen molar-refractivity contribution in [1.29, 1.82) is 0 Å². The summed E-state index contributed by atoms with van der Waals surface area (Å²) in [5, 5.41) is 12.0. The number of ether oxygens (including phenoxy) is 1. The highest BCUT2D eigenvalue weighted by Crippen LogP contribution is 2.13. The SMILES string of the molecule is CC(C)Oc1ccc(CNCC(N)CO)cc1. The van der Waals surface area contributed by atoms with E-state index in [-0.39, 0.29) is 18.8 Å². The first-order valence-corrected chi connectivity index (χ1v) is 5.94. The monoisotopic (exact) mass is 238 g/mol. The molecular weight excluding hydrogens is 216 g/mol. The molecule has 4 heteroatoms. The predicted octanol–water partition coefficient (Wildman–Crippen LogP) is 0.883. The zero-order valence-electron chi connectivity index (χ0n) is 10.5. The van der Waals surface area contributed by atoms with Gasteiger partial charge in [-0.15, -0.1) is 0 Å². The predicted molar refractivity (Wildman–Crippen MR) is 69.0 cm³/mol. The number of nitrogens with one attached hydrogen (secondary N) is 1. The Morgan fingerprint density at radius 1 is 1.29 bits per heavy atom. The number of benzene rings is 1. The van der Waals surface area contributed by atoms with Gasteiger partial charge in [-0.25, -0.2) is 0 Å². The van der Waals surface area contributed by atoms with Gasteiger partial charge in [0.2, 0.25) is 0 Å². The number of nitrogens with two attached hydrogens (primary N) is 1. The Morgan fingerprint density at radius 3 is 2.47 bits per heavy atom. The van der Waals surface area contributed by atoms with Gasteiger partial charge in [0.05, 0.1) is 12.7 Å². The molecule has 17 heavy (non-hydrogen) atoms. The summed E-state index contributed by atoms with van der Waals surface area (Å²) in [6.45, 7) is 5.38. The van der Waals surface area contributed by atoms with Crippen LogP contribution in [0.5, 0.6) is 5.75 Å². The molecule has 0 saturated carbocycles. The molecule has 96 valence electrons. The lowest BCUT2D eigenvalue weighted by molar-refractivity contribution is 0.242. The Bertz CT molecular complexity index is 312. The first-order chi connectivity index (χ1) is 8.11. The smallest absolute Gasteiger partial charge is 0.119 e. The molecule has 0 spiro atoms. The van der Waals surface area contributed by atoms with Crippen LogP contribution in [0.15, 0.2) is 24.3 Å². The Hall–Kier alpha value is -1.10. The molecule has 0 aliphatic rings. The summed E-state index contributed by atoms with van der Waals surface area (Å²) in [5.41, 5.74) is 6.76. The van der Waals surface area contributed by atoms with Crippen molar-refractivity contribution in [2.24, 2.45) is 5.73 Å². The molecule has 1 rings (SSSR count). The van der Waals surface area contributed by atoms with Crippen molar-refractivity contribution >= 4 is 0 Å². The minimum atomic E-state index is -0.196. The highest BCUT2D eigenvalue weighted by atomic mass is 16.5. The molecule has 0 saturated heterocycles. The molecule has 4 nitrogen and oxygen atoms in total. The fourth-order valence-electron chi connectivity index (χ4n) is 1.42. The molecule has 0 aromatic heterocycles. The zero-order valence-corrected chi connectivity index (χ0v) is 10.5. The molecule has 1 atom stereocenters. The molecule has 0 amide bonds. The molecular formula is C13H22N2O2. The van der Waals surface area contributed by atoms with Gasteiger partial charge in [-0.1, -0.05) is 12.1 Å². The van der Waals surface area contributed by atoms with Crippen LogP contribution in [0, 0.1) is 0 Å². The Labute approximate surface area is 103 Å². The van der Waals surface area contributed by atoms with Gasteiger partial charge < -0.3 is 20.9 Å².